The summed E-state index contributed by atoms with van der Waals surface area (Å²) >= 11 is 0. The first-order valence-corrected chi connectivity index (χ1v) is 8.91. The van der Waals surface area contributed by atoms with Gasteiger partial charge in [-0.2, -0.15) is 0 Å². The molecule has 0 bridgehead atoms. The van der Waals surface area contributed by atoms with Gasteiger partial charge in [0.25, 0.3) is 11.5 Å². The molecule has 140 valence electrons. The molecule has 0 N–H and O–H groups in total. The van der Waals surface area contributed by atoms with E-state index < -0.39 is 0 Å². The number of ether oxygens (including phenoxy) is 1. The van der Waals surface area contributed by atoms with Crippen LogP contribution in [0.25, 0.3) is 10.9 Å². The third kappa shape index (κ3) is 3.07. The number of rotatable bonds is 3. The molecular weight excluding hydrogens is 346 g/mol. The first-order valence-electron chi connectivity index (χ1n) is 8.91. The summed E-state index contributed by atoms with van der Waals surface area (Å²) in [7, 11) is 3.25. The number of benzene rings is 1. The Balaban J connectivity index is 1.62. The lowest BCUT2D eigenvalue weighted by Crippen LogP contribution is -2.43. The van der Waals surface area contributed by atoms with E-state index in [9.17, 15) is 9.59 Å². The molecule has 1 aromatic carbocycles. The zero-order valence-corrected chi connectivity index (χ0v) is 15.3. The van der Waals surface area contributed by atoms with Crippen molar-refractivity contribution in [2.45, 2.75) is 18.9 Å². The van der Waals surface area contributed by atoms with Gasteiger partial charge in [-0.1, -0.05) is 12.1 Å². The van der Waals surface area contributed by atoms with Crippen molar-refractivity contribution in [1.29, 1.82) is 0 Å². The van der Waals surface area contributed by atoms with Crippen molar-refractivity contribution in [2.24, 2.45) is 7.05 Å². The molecule has 0 spiro atoms. The number of likely N-dealkylation sites (tertiary alicyclic amines) is 1. The summed E-state index contributed by atoms with van der Waals surface area (Å²) in [6, 6.07) is 7.21. The topological polar surface area (TPSA) is 82.2 Å². The number of aromatic nitrogens is 4. The first kappa shape index (κ1) is 17.3. The Hall–Kier alpha value is -3.16. The zero-order valence-electron chi connectivity index (χ0n) is 15.3. The van der Waals surface area contributed by atoms with Crippen LogP contribution < -0.4 is 10.3 Å². The molecule has 1 saturated heterocycles. The quantitative estimate of drug-likeness (QED) is 0.702. The molecule has 0 saturated carbocycles. The maximum Gasteiger partial charge on any atom is 0.261 e. The number of amides is 1. The van der Waals surface area contributed by atoms with Gasteiger partial charge in [-0.25, -0.2) is 4.98 Å². The molecule has 4 rings (SSSR count). The van der Waals surface area contributed by atoms with Crippen molar-refractivity contribution >= 4 is 16.8 Å². The van der Waals surface area contributed by atoms with Crippen LogP contribution in [0.2, 0.25) is 0 Å². The Morgan fingerprint density at radius 2 is 2.11 bits per heavy atom. The standard InChI is InChI=1S/C19H21N5O3/c1-22-11-15(17(21-22)27-2)18(25)23-9-5-6-13(10-23)24-12-20-16-8-4-3-7-14(16)19(24)26/h3-4,7-8,11-13H,5-6,9-10H2,1-2H3/t13-/m0/s1. The van der Waals surface area contributed by atoms with Crippen LogP contribution in [0, 0.1) is 0 Å². The van der Waals surface area contributed by atoms with Gasteiger partial charge < -0.3 is 9.64 Å². The molecule has 3 aromatic rings. The van der Waals surface area contributed by atoms with Crippen LogP contribution in [0.5, 0.6) is 5.88 Å². The highest BCUT2D eigenvalue weighted by Gasteiger charge is 2.29. The van der Waals surface area contributed by atoms with Crippen LogP contribution in [0.3, 0.4) is 0 Å². The summed E-state index contributed by atoms with van der Waals surface area (Å²) in [6.45, 7) is 1.10. The molecule has 0 aliphatic carbocycles. The van der Waals surface area contributed by atoms with Crippen molar-refractivity contribution in [3.05, 3.63) is 52.7 Å². The smallest absolute Gasteiger partial charge is 0.261 e. The summed E-state index contributed by atoms with van der Waals surface area (Å²) in [4.78, 5) is 32.0. The minimum absolute atomic E-state index is 0.0705. The van der Waals surface area contributed by atoms with Crippen molar-refractivity contribution in [3.63, 3.8) is 0 Å². The van der Waals surface area contributed by atoms with Crippen LogP contribution in [0.1, 0.15) is 29.2 Å². The minimum atomic E-state index is -0.133. The number of fused-ring (bicyclic) bond motifs is 1. The van der Waals surface area contributed by atoms with Gasteiger partial charge in [0, 0.05) is 26.3 Å². The highest BCUT2D eigenvalue weighted by molar-refractivity contribution is 5.96. The lowest BCUT2D eigenvalue weighted by atomic mass is 10.0. The van der Waals surface area contributed by atoms with Gasteiger partial charge in [-0.15, -0.1) is 5.10 Å². The molecule has 8 nitrogen and oxygen atoms in total. The van der Waals surface area contributed by atoms with Crippen molar-refractivity contribution in [2.75, 3.05) is 20.2 Å². The number of carbonyl (C=O) groups excluding carboxylic acids is 1. The van der Waals surface area contributed by atoms with Gasteiger partial charge >= 0.3 is 0 Å². The SMILES string of the molecule is COc1nn(C)cc1C(=O)N1CCC[C@H](n2cnc3ccccc3c2=O)C1. The molecule has 27 heavy (non-hydrogen) atoms. The fraction of sp³-hybridized carbons (Fsp3) is 0.368. The van der Waals surface area contributed by atoms with E-state index in [-0.39, 0.29) is 17.5 Å². The fourth-order valence-corrected chi connectivity index (χ4v) is 3.65. The number of methoxy groups -OCH3 is 1. The monoisotopic (exact) mass is 367 g/mol. The molecule has 1 atom stereocenters. The normalized spacial score (nSPS) is 17.3. The van der Waals surface area contributed by atoms with Gasteiger partial charge in [0.15, 0.2) is 0 Å². The van der Waals surface area contributed by atoms with Gasteiger partial charge in [0.05, 0.1) is 30.4 Å². The predicted molar refractivity (Wildman–Crippen MR) is 99.9 cm³/mol. The second kappa shape index (κ2) is 6.86. The van der Waals surface area contributed by atoms with E-state index in [1.807, 2.05) is 18.2 Å². The molecule has 1 aliphatic heterocycles. The highest BCUT2D eigenvalue weighted by atomic mass is 16.5. The van der Waals surface area contributed by atoms with Gasteiger partial charge in [0.2, 0.25) is 5.88 Å². The average molecular weight is 367 g/mol. The van der Waals surface area contributed by atoms with E-state index in [1.165, 1.54) is 7.11 Å². The lowest BCUT2D eigenvalue weighted by Gasteiger charge is -2.33. The van der Waals surface area contributed by atoms with E-state index in [0.717, 1.165) is 12.8 Å². The summed E-state index contributed by atoms with van der Waals surface area (Å²) in [6.07, 6.45) is 4.90. The molecule has 3 heterocycles. The Kier molecular flexibility index (Phi) is 4.39. The number of hydrogen-bond acceptors (Lipinski definition) is 5. The molecule has 0 radical (unpaired) electrons. The van der Waals surface area contributed by atoms with E-state index in [1.54, 1.807) is 39.8 Å². The number of aryl methyl sites for hydroxylation is 1. The lowest BCUT2D eigenvalue weighted by molar-refractivity contribution is 0.0674. The number of piperidine rings is 1. The van der Waals surface area contributed by atoms with Gasteiger partial charge in [0.1, 0.15) is 5.56 Å². The molecule has 1 amide bonds. The number of carbonyl (C=O) groups is 1. The maximum absolute atomic E-state index is 13.0. The Morgan fingerprint density at radius 3 is 2.93 bits per heavy atom. The van der Waals surface area contributed by atoms with E-state index in [4.69, 9.17) is 4.74 Å². The fourth-order valence-electron chi connectivity index (χ4n) is 3.65. The van der Waals surface area contributed by atoms with E-state index in [2.05, 4.69) is 10.1 Å². The Bertz CT molecular complexity index is 1050. The maximum atomic E-state index is 13.0. The highest BCUT2D eigenvalue weighted by Crippen LogP contribution is 2.24. The van der Waals surface area contributed by atoms with Gasteiger partial charge in [-0.3, -0.25) is 18.8 Å². The van der Waals surface area contributed by atoms with E-state index in [0.29, 0.717) is 35.4 Å². The van der Waals surface area contributed by atoms with Crippen LogP contribution in [-0.2, 0) is 7.05 Å². The second-order valence-corrected chi connectivity index (χ2v) is 6.75. The van der Waals surface area contributed by atoms with Crippen molar-refractivity contribution < 1.29 is 9.53 Å². The molecule has 1 fully saturated rings. The molecule has 0 unspecified atom stereocenters. The predicted octanol–water partition coefficient (Wildman–Crippen LogP) is 1.62. The second-order valence-electron chi connectivity index (χ2n) is 6.75. The zero-order chi connectivity index (χ0) is 19.0. The Morgan fingerprint density at radius 1 is 1.30 bits per heavy atom. The summed E-state index contributed by atoms with van der Waals surface area (Å²) in [5, 5.41) is 4.75. The number of nitrogens with zero attached hydrogens (tertiary/aromatic N) is 5. The van der Waals surface area contributed by atoms with Gasteiger partial charge in [-0.05, 0) is 25.0 Å². The van der Waals surface area contributed by atoms with Crippen LogP contribution in [0.15, 0.2) is 41.6 Å². The first-order chi connectivity index (χ1) is 13.1. The summed E-state index contributed by atoms with van der Waals surface area (Å²) in [5.74, 6) is 0.181. The third-order valence-corrected chi connectivity index (χ3v) is 4.99. The van der Waals surface area contributed by atoms with Crippen LogP contribution in [-0.4, -0.2) is 50.3 Å². The van der Waals surface area contributed by atoms with Crippen molar-refractivity contribution in [3.8, 4) is 5.88 Å². The molecule has 8 heteroatoms. The molecule has 2 aromatic heterocycles. The Labute approximate surface area is 156 Å². The summed E-state index contributed by atoms with van der Waals surface area (Å²) in [5.41, 5.74) is 1.05. The van der Waals surface area contributed by atoms with Crippen LogP contribution in [0.4, 0.5) is 0 Å². The van der Waals surface area contributed by atoms with Crippen LogP contribution >= 0.6 is 0 Å². The number of para-hydroxylation sites is 1. The van der Waals surface area contributed by atoms with E-state index >= 15 is 0 Å². The molecular formula is C19H21N5O3. The van der Waals surface area contributed by atoms with Crippen molar-refractivity contribution in [1.82, 2.24) is 24.2 Å². The average Bonchev–Trinajstić information content (AvgIpc) is 3.09. The number of hydrogen-bond donors (Lipinski definition) is 0. The molecule has 1 aliphatic rings. The largest absolute Gasteiger partial charge is 0.479 e. The summed E-state index contributed by atoms with van der Waals surface area (Å²) < 4.78 is 8.43. The minimum Gasteiger partial charge on any atom is -0.479 e. The third-order valence-electron chi connectivity index (χ3n) is 4.99.